The molecule has 3 heteroatoms. The molecule has 1 N–H and O–H groups in total. The van der Waals surface area contributed by atoms with E-state index in [-0.39, 0.29) is 6.10 Å². The van der Waals surface area contributed by atoms with Crippen molar-refractivity contribution in [3.8, 4) is 5.75 Å². The Bertz CT molecular complexity index is 893. The molecule has 0 amide bonds. The molecule has 0 aliphatic heterocycles. The number of hydrogen-bond donors (Lipinski definition) is 1. The van der Waals surface area contributed by atoms with Crippen LogP contribution in [0.15, 0.2) is 78.0 Å². The lowest BCUT2D eigenvalue weighted by atomic mass is 9.94. The van der Waals surface area contributed by atoms with Crippen molar-refractivity contribution in [1.29, 1.82) is 0 Å². The maximum absolute atomic E-state index is 10.1. The van der Waals surface area contributed by atoms with Crippen LogP contribution in [0.4, 0.5) is 0 Å². The van der Waals surface area contributed by atoms with Crippen molar-refractivity contribution in [1.82, 2.24) is 0 Å². The van der Waals surface area contributed by atoms with Crippen LogP contribution in [0.25, 0.3) is 11.6 Å². The zero-order chi connectivity index (χ0) is 21.4. The van der Waals surface area contributed by atoms with Crippen molar-refractivity contribution in [2.45, 2.75) is 46.3 Å². The Morgan fingerprint density at radius 1 is 1.07 bits per heavy atom. The number of aliphatic hydroxyl groups is 1. The molecule has 0 saturated carbocycles. The van der Waals surface area contributed by atoms with Gasteiger partial charge < -0.3 is 9.84 Å². The summed E-state index contributed by atoms with van der Waals surface area (Å²) in [6.07, 6.45) is 7.59. The number of nitrogens with zero attached hydrogens (tertiary/aromatic N) is 1. The van der Waals surface area contributed by atoms with Gasteiger partial charge in [0.1, 0.15) is 5.75 Å². The lowest BCUT2D eigenvalue weighted by Crippen LogP contribution is -2.15. The van der Waals surface area contributed by atoms with E-state index >= 15 is 0 Å². The molecular weight excluding hydrogens is 358 g/mol. The Morgan fingerprint density at radius 3 is 2.24 bits per heavy atom. The number of hydrogen-bond acceptors (Lipinski definition) is 3. The highest BCUT2D eigenvalue weighted by atomic mass is 16.5. The van der Waals surface area contributed by atoms with E-state index in [1.807, 2.05) is 81.5 Å². The third-order valence-electron chi connectivity index (χ3n) is 4.43. The number of benzene rings is 2. The van der Waals surface area contributed by atoms with Gasteiger partial charge in [0, 0.05) is 12.4 Å². The van der Waals surface area contributed by atoms with Gasteiger partial charge in [-0.1, -0.05) is 43.0 Å². The molecule has 0 saturated heterocycles. The highest BCUT2D eigenvalue weighted by Gasteiger charge is 2.15. The molecule has 2 rings (SSSR count). The van der Waals surface area contributed by atoms with Crippen LogP contribution in [0.3, 0.4) is 0 Å². The first-order valence-corrected chi connectivity index (χ1v) is 9.82. The molecule has 0 atom stereocenters. The fourth-order valence-corrected chi connectivity index (χ4v) is 2.67. The average Bonchev–Trinajstić information content (AvgIpc) is 2.67. The molecule has 2 aromatic carbocycles. The van der Waals surface area contributed by atoms with Crippen molar-refractivity contribution in [3.63, 3.8) is 0 Å². The normalized spacial score (nSPS) is 12.9. The monoisotopic (exact) mass is 389 g/mol. The van der Waals surface area contributed by atoms with Crippen LogP contribution in [-0.2, 0) is 5.60 Å². The first kappa shape index (κ1) is 22.4. The molecule has 0 radical (unpaired) electrons. The molecular formula is C26H31NO2. The van der Waals surface area contributed by atoms with Gasteiger partial charge in [-0.3, -0.25) is 4.99 Å². The first-order valence-electron chi connectivity index (χ1n) is 9.82. The summed E-state index contributed by atoms with van der Waals surface area (Å²) in [7, 11) is 0. The summed E-state index contributed by atoms with van der Waals surface area (Å²) in [5.74, 6) is 0.869. The Kier molecular flexibility index (Phi) is 7.74. The van der Waals surface area contributed by atoms with Gasteiger partial charge in [-0.05, 0) is 86.7 Å². The van der Waals surface area contributed by atoms with Gasteiger partial charge >= 0.3 is 0 Å². The molecule has 3 nitrogen and oxygen atoms in total. The standard InChI is InChI=1S/C26H31NO2/c1-19(2)29-25-13-7-22(8-14-25)16-18-27-17-15-20(3)21(4)23-9-11-24(12-10-23)26(5,6)28/h7-19,28H,4H2,1-3,5-6H3/b18-16+,20-15-,27-17+. The van der Waals surface area contributed by atoms with Gasteiger partial charge in [-0.2, -0.15) is 0 Å². The van der Waals surface area contributed by atoms with Gasteiger partial charge in [0.2, 0.25) is 0 Å². The summed E-state index contributed by atoms with van der Waals surface area (Å²) in [6, 6.07) is 15.8. The predicted octanol–water partition coefficient (Wildman–Crippen LogP) is 6.40. The summed E-state index contributed by atoms with van der Waals surface area (Å²) in [5, 5.41) is 10.1. The molecule has 0 aliphatic carbocycles. The molecule has 0 spiro atoms. The smallest absolute Gasteiger partial charge is 0.119 e. The molecule has 0 heterocycles. The van der Waals surface area contributed by atoms with Crippen molar-refractivity contribution in [3.05, 3.63) is 89.6 Å². The topological polar surface area (TPSA) is 41.8 Å². The Morgan fingerprint density at radius 2 is 1.69 bits per heavy atom. The summed E-state index contributed by atoms with van der Waals surface area (Å²) < 4.78 is 5.64. The summed E-state index contributed by atoms with van der Waals surface area (Å²) >= 11 is 0. The number of allylic oxidation sites excluding steroid dienone is 3. The van der Waals surface area contributed by atoms with E-state index in [1.54, 1.807) is 26.3 Å². The van der Waals surface area contributed by atoms with Gasteiger partial charge in [0.25, 0.3) is 0 Å². The van der Waals surface area contributed by atoms with Crippen LogP contribution in [-0.4, -0.2) is 17.4 Å². The molecule has 0 fully saturated rings. The fourth-order valence-electron chi connectivity index (χ4n) is 2.67. The molecule has 152 valence electrons. The molecule has 2 aromatic rings. The van der Waals surface area contributed by atoms with Crippen LogP contribution >= 0.6 is 0 Å². The summed E-state index contributed by atoms with van der Waals surface area (Å²) in [4.78, 5) is 4.31. The van der Waals surface area contributed by atoms with E-state index < -0.39 is 5.60 Å². The lowest BCUT2D eigenvalue weighted by molar-refractivity contribution is 0.0786. The number of aliphatic imine (C=N–C) groups is 1. The van der Waals surface area contributed by atoms with E-state index in [0.29, 0.717) is 0 Å². The molecule has 0 unspecified atom stereocenters. The lowest BCUT2D eigenvalue weighted by Gasteiger charge is -2.18. The maximum atomic E-state index is 10.1. The van der Waals surface area contributed by atoms with E-state index in [0.717, 1.165) is 33.6 Å². The minimum atomic E-state index is -0.842. The summed E-state index contributed by atoms with van der Waals surface area (Å²) in [5.41, 5.74) is 4.10. The Labute approximate surface area is 174 Å². The van der Waals surface area contributed by atoms with Crippen LogP contribution in [0.5, 0.6) is 5.75 Å². The Hall–Kier alpha value is -2.91. The second kappa shape index (κ2) is 10.0. The minimum absolute atomic E-state index is 0.172. The first-order chi connectivity index (χ1) is 13.7. The van der Waals surface area contributed by atoms with E-state index in [2.05, 4.69) is 11.6 Å². The van der Waals surface area contributed by atoms with Gasteiger partial charge in [-0.25, -0.2) is 0 Å². The largest absolute Gasteiger partial charge is 0.491 e. The number of ether oxygens (including phenoxy) is 1. The van der Waals surface area contributed by atoms with Gasteiger partial charge in [0.05, 0.1) is 11.7 Å². The molecule has 0 aliphatic rings. The SMILES string of the molecule is C=C(\C(C)=C/C=N/C=C/c1ccc(OC(C)C)cc1)c1ccc(C(C)(C)O)cc1. The van der Waals surface area contributed by atoms with E-state index in [9.17, 15) is 5.11 Å². The van der Waals surface area contributed by atoms with Crippen LogP contribution in [0.1, 0.15) is 51.3 Å². The highest BCUT2D eigenvalue weighted by molar-refractivity contribution is 5.84. The zero-order valence-corrected chi connectivity index (χ0v) is 18.0. The van der Waals surface area contributed by atoms with Gasteiger partial charge in [0.15, 0.2) is 0 Å². The number of rotatable bonds is 8. The van der Waals surface area contributed by atoms with Crippen LogP contribution in [0.2, 0.25) is 0 Å². The predicted molar refractivity (Wildman–Crippen MR) is 124 cm³/mol. The summed E-state index contributed by atoms with van der Waals surface area (Å²) in [6.45, 7) is 13.8. The van der Waals surface area contributed by atoms with E-state index in [1.165, 1.54) is 0 Å². The zero-order valence-electron chi connectivity index (χ0n) is 18.0. The second-order valence-corrected chi connectivity index (χ2v) is 7.81. The van der Waals surface area contributed by atoms with Crippen LogP contribution in [0, 0.1) is 0 Å². The van der Waals surface area contributed by atoms with Crippen molar-refractivity contribution >= 4 is 17.9 Å². The molecule has 0 aromatic heterocycles. The minimum Gasteiger partial charge on any atom is -0.491 e. The maximum Gasteiger partial charge on any atom is 0.119 e. The van der Waals surface area contributed by atoms with Crippen molar-refractivity contribution in [2.75, 3.05) is 0 Å². The fraction of sp³-hybridized carbons (Fsp3) is 0.269. The highest BCUT2D eigenvalue weighted by Crippen LogP contribution is 2.25. The third-order valence-corrected chi connectivity index (χ3v) is 4.43. The van der Waals surface area contributed by atoms with Crippen LogP contribution < -0.4 is 4.74 Å². The Balaban J connectivity index is 1.95. The van der Waals surface area contributed by atoms with E-state index in [4.69, 9.17) is 4.74 Å². The van der Waals surface area contributed by atoms with Crippen molar-refractivity contribution < 1.29 is 9.84 Å². The van der Waals surface area contributed by atoms with Gasteiger partial charge in [-0.15, -0.1) is 0 Å². The quantitative estimate of drug-likeness (QED) is 0.419. The average molecular weight is 390 g/mol. The molecule has 29 heavy (non-hydrogen) atoms. The third kappa shape index (κ3) is 7.20. The second-order valence-electron chi connectivity index (χ2n) is 7.81. The molecule has 0 bridgehead atoms. The van der Waals surface area contributed by atoms with Crippen molar-refractivity contribution in [2.24, 2.45) is 4.99 Å².